The number of benzene rings is 1. The van der Waals surface area contributed by atoms with Crippen LogP contribution < -0.4 is 15.4 Å². The normalized spacial score (nSPS) is 11.4. The maximum Gasteiger partial charge on any atom is 0.119 e. The molecule has 1 aromatic rings. The Morgan fingerprint density at radius 3 is 2.26 bits per heavy atom. The standard InChI is InChI=1S/C15H26N2O2/c1-15(2,3)17-10-9-16-13-5-7-14(8-6-13)19-12-11-18-4/h5-8,16-17H,9-12H2,1-4H3. The molecule has 0 spiro atoms. The molecule has 0 aliphatic carbocycles. The van der Waals surface area contributed by atoms with Gasteiger partial charge in [-0.2, -0.15) is 0 Å². The summed E-state index contributed by atoms with van der Waals surface area (Å²) >= 11 is 0. The highest BCUT2D eigenvalue weighted by atomic mass is 16.5. The first kappa shape index (κ1) is 15.8. The third kappa shape index (κ3) is 7.70. The number of methoxy groups -OCH3 is 1. The highest BCUT2D eigenvalue weighted by Gasteiger charge is 2.06. The third-order valence-electron chi connectivity index (χ3n) is 2.52. The zero-order chi connectivity index (χ0) is 14.1. The molecule has 0 aliphatic heterocycles. The summed E-state index contributed by atoms with van der Waals surface area (Å²) in [4.78, 5) is 0. The lowest BCUT2D eigenvalue weighted by Gasteiger charge is -2.20. The molecular formula is C15H26N2O2. The minimum Gasteiger partial charge on any atom is -0.491 e. The first-order valence-corrected chi connectivity index (χ1v) is 6.72. The monoisotopic (exact) mass is 266 g/mol. The van der Waals surface area contributed by atoms with E-state index in [2.05, 4.69) is 31.4 Å². The van der Waals surface area contributed by atoms with Crippen LogP contribution in [0.2, 0.25) is 0 Å². The zero-order valence-corrected chi connectivity index (χ0v) is 12.5. The molecule has 1 aromatic carbocycles. The van der Waals surface area contributed by atoms with E-state index >= 15 is 0 Å². The molecule has 0 saturated carbocycles. The Hall–Kier alpha value is -1.26. The summed E-state index contributed by atoms with van der Waals surface area (Å²) in [5, 5.41) is 6.81. The van der Waals surface area contributed by atoms with Crippen LogP contribution in [0.15, 0.2) is 24.3 Å². The van der Waals surface area contributed by atoms with Crippen molar-refractivity contribution < 1.29 is 9.47 Å². The number of hydrogen-bond donors (Lipinski definition) is 2. The molecule has 19 heavy (non-hydrogen) atoms. The fourth-order valence-corrected chi connectivity index (χ4v) is 1.56. The molecule has 0 radical (unpaired) electrons. The number of nitrogens with one attached hydrogen (secondary N) is 2. The van der Waals surface area contributed by atoms with E-state index in [1.165, 1.54) is 0 Å². The van der Waals surface area contributed by atoms with Crippen LogP contribution in [0.1, 0.15) is 20.8 Å². The summed E-state index contributed by atoms with van der Waals surface area (Å²) in [6.07, 6.45) is 0. The molecule has 4 heteroatoms. The van der Waals surface area contributed by atoms with Gasteiger partial charge in [0.1, 0.15) is 12.4 Å². The fourth-order valence-electron chi connectivity index (χ4n) is 1.56. The second-order valence-electron chi connectivity index (χ2n) is 5.47. The van der Waals surface area contributed by atoms with Crippen LogP contribution in [0, 0.1) is 0 Å². The van der Waals surface area contributed by atoms with Crippen molar-refractivity contribution in [1.29, 1.82) is 0 Å². The van der Waals surface area contributed by atoms with Crippen LogP contribution in [0.5, 0.6) is 5.75 Å². The highest BCUT2D eigenvalue weighted by Crippen LogP contribution is 2.15. The van der Waals surface area contributed by atoms with Crippen molar-refractivity contribution in [3.05, 3.63) is 24.3 Å². The van der Waals surface area contributed by atoms with Crippen LogP contribution in [-0.2, 0) is 4.74 Å². The lowest BCUT2D eigenvalue weighted by atomic mass is 10.1. The Kier molecular flexibility index (Phi) is 6.67. The van der Waals surface area contributed by atoms with Crippen LogP contribution in [0.25, 0.3) is 0 Å². The van der Waals surface area contributed by atoms with E-state index in [4.69, 9.17) is 9.47 Å². The van der Waals surface area contributed by atoms with Crippen LogP contribution in [0.3, 0.4) is 0 Å². The minimum absolute atomic E-state index is 0.167. The Morgan fingerprint density at radius 2 is 1.68 bits per heavy atom. The predicted molar refractivity (Wildman–Crippen MR) is 80.1 cm³/mol. The van der Waals surface area contributed by atoms with Gasteiger partial charge in [-0.25, -0.2) is 0 Å². The Bertz CT molecular complexity index is 344. The molecule has 0 aliphatic rings. The molecular weight excluding hydrogens is 240 g/mol. The predicted octanol–water partition coefficient (Wildman–Crippen LogP) is 2.51. The Balaban J connectivity index is 2.24. The molecule has 0 saturated heterocycles. The van der Waals surface area contributed by atoms with Crippen molar-refractivity contribution in [3.63, 3.8) is 0 Å². The van der Waals surface area contributed by atoms with E-state index in [0.717, 1.165) is 24.5 Å². The Labute approximate surface area is 116 Å². The molecule has 2 N–H and O–H groups in total. The molecule has 0 heterocycles. The average Bonchev–Trinajstić information content (AvgIpc) is 2.36. The van der Waals surface area contributed by atoms with E-state index in [9.17, 15) is 0 Å². The molecule has 1 rings (SSSR count). The van der Waals surface area contributed by atoms with Gasteiger partial charge in [-0.15, -0.1) is 0 Å². The number of ether oxygens (including phenoxy) is 2. The Morgan fingerprint density at radius 1 is 1.00 bits per heavy atom. The van der Waals surface area contributed by atoms with Crippen molar-refractivity contribution in [1.82, 2.24) is 5.32 Å². The summed E-state index contributed by atoms with van der Waals surface area (Å²) < 4.78 is 10.4. The van der Waals surface area contributed by atoms with E-state index in [0.29, 0.717) is 13.2 Å². The van der Waals surface area contributed by atoms with E-state index in [1.54, 1.807) is 7.11 Å². The summed E-state index contributed by atoms with van der Waals surface area (Å²) in [5.74, 6) is 0.871. The van der Waals surface area contributed by atoms with Gasteiger partial charge in [-0.05, 0) is 45.0 Å². The minimum atomic E-state index is 0.167. The zero-order valence-electron chi connectivity index (χ0n) is 12.5. The summed E-state index contributed by atoms with van der Waals surface area (Å²) in [6, 6.07) is 7.99. The first-order valence-electron chi connectivity index (χ1n) is 6.72. The maximum absolute atomic E-state index is 5.51. The van der Waals surface area contributed by atoms with Crippen molar-refractivity contribution >= 4 is 5.69 Å². The number of rotatable bonds is 8. The summed E-state index contributed by atoms with van der Waals surface area (Å²) in [6.45, 7) is 9.53. The van der Waals surface area contributed by atoms with Crippen molar-refractivity contribution in [2.75, 3.05) is 38.7 Å². The van der Waals surface area contributed by atoms with Gasteiger partial charge in [0.2, 0.25) is 0 Å². The van der Waals surface area contributed by atoms with Gasteiger partial charge in [0, 0.05) is 31.4 Å². The van der Waals surface area contributed by atoms with Crippen molar-refractivity contribution in [2.24, 2.45) is 0 Å². The molecule has 0 fully saturated rings. The smallest absolute Gasteiger partial charge is 0.119 e. The van der Waals surface area contributed by atoms with E-state index in [1.807, 2.05) is 24.3 Å². The fraction of sp³-hybridized carbons (Fsp3) is 0.600. The lowest BCUT2D eigenvalue weighted by molar-refractivity contribution is 0.146. The van der Waals surface area contributed by atoms with Gasteiger partial charge in [-0.1, -0.05) is 0 Å². The summed E-state index contributed by atoms with van der Waals surface area (Å²) in [7, 11) is 1.67. The topological polar surface area (TPSA) is 42.5 Å². The first-order chi connectivity index (χ1) is 9.01. The van der Waals surface area contributed by atoms with Gasteiger partial charge in [0.25, 0.3) is 0 Å². The number of hydrogen-bond acceptors (Lipinski definition) is 4. The van der Waals surface area contributed by atoms with Crippen LogP contribution in [0.4, 0.5) is 5.69 Å². The molecule has 0 aromatic heterocycles. The molecule has 0 unspecified atom stereocenters. The highest BCUT2D eigenvalue weighted by molar-refractivity contribution is 5.46. The number of anilines is 1. The molecule has 0 bridgehead atoms. The van der Waals surface area contributed by atoms with E-state index in [-0.39, 0.29) is 5.54 Å². The third-order valence-corrected chi connectivity index (χ3v) is 2.52. The summed E-state index contributed by atoms with van der Waals surface area (Å²) in [5.41, 5.74) is 1.27. The molecule has 108 valence electrons. The van der Waals surface area contributed by atoms with Crippen molar-refractivity contribution in [2.45, 2.75) is 26.3 Å². The van der Waals surface area contributed by atoms with Gasteiger partial charge >= 0.3 is 0 Å². The van der Waals surface area contributed by atoms with E-state index < -0.39 is 0 Å². The van der Waals surface area contributed by atoms with Crippen molar-refractivity contribution in [3.8, 4) is 5.75 Å². The second kappa shape index (κ2) is 8.02. The molecule has 0 atom stereocenters. The van der Waals surface area contributed by atoms with Gasteiger partial charge < -0.3 is 20.1 Å². The largest absolute Gasteiger partial charge is 0.491 e. The van der Waals surface area contributed by atoms with Crippen LogP contribution in [-0.4, -0.2) is 39.0 Å². The second-order valence-corrected chi connectivity index (χ2v) is 5.47. The average molecular weight is 266 g/mol. The quantitative estimate of drug-likeness (QED) is 0.710. The van der Waals surface area contributed by atoms with Crippen LogP contribution >= 0.6 is 0 Å². The van der Waals surface area contributed by atoms with Gasteiger partial charge in [0.05, 0.1) is 6.61 Å². The van der Waals surface area contributed by atoms with Gasteiger partial charge in [-0.3, -0.25) is 0 Å². The molecule has 4 nitrogen and oxygen atoms in total. The lowest BCUT2D eigenvalue weighted by Crippen LogP contribution is -2.38. The molecule has 0 amide bonds. The van der Waals surface area contributed by atoms with Gasteiger partial charge in [0.15, 0.2) is 0 Å². The SMILES string of the molecule is COCCOc1ccc(NCCNC(C)(C)C)cc1. The maximum atomic E-state index is 5.51.